The van der Waals surface area contributed by atoms with E-state index < -0.39 is 0 Å². The molecule has 4 nitrogen and oxygen atoms in total. The Bertz CT molecular complexity index is 753. The van der Waals surface area contributed by atoms with E-state index in [1.54, 1.807) is 0 Å². The molecule has 0 radical (unpaired) electrons. The summed E-state index contributed by atoms with van der Waals surface area (Å²) in [4.78, 5) is 4.68. The molecule has 0 bridgehead atoms. The van der Waals surface area contributed by atoms with Crippen molar-refractivity contribution >= 4 is 5.96 Å². The maximum absolute atomic E-state index is 8.87. The van der Waals surface area contributed by atoms with Crippen LogP contribution in [0.15, 0.2) is 59.6 Å². The molecule has 0 heterocycles. The van der Waals surface area contributed by atoms with Crippen LogP contribution in [-0.2, 0) is 12.0 Å². The molecule has 1 fully saturated rings. The summed E-state index contributed by atoms with van der Waals surface area (Å²) < 4.78 is 0. The van der Waals surface area contributed by atoms with Gasteiger partial charge in [-0.15, -0.1) is 0 Å². The summed E-state index contributed by atoms with van der Waals surface area (Å²) >= 11 is 0. The molecule has 0 aliphatic heterocycles. The Hall–Kier alpha value is -2.80. The molecule has 25 heavy (non-hydrogen) atoms. The van der Waals surface area contributed by atoms with Gasteiger partial charge in [-0.05, 0) is 43.0 Å². The number of rotatable bonds is 6. The highest BCUT2D eigenvalue weighted by molar-refractivity contribution is 5.80. The molecule has 1 aliphatic carbocycles. The van der Waals surface area contributed by atoms with E-state index in [2.05, 4.69) is 59.0 Å². The summed E-state index contributed by atoms with van der Waals surface area (Å²) in [5, 5.41) is 15.7. The third-order valence-electron chi connectivity index (χ3n) is 4.68. The van der Waals surface area contributed by atoms with Gasteiger partial charge in [-0.2, -0.15) is 5.26 Å². The van der Waals surface area contributed by atoms with Gasteiger partial charge in [0.2, 0.25) is 0 Å². The monoisotopic (exact) mass is 332 g/mol. The zero-order valence-electron chi connectivity index (χ0n) is 14.6. The lowest BCUT2D eigenvalue weighted by atomic mass is 9.96. The lowest BCUT2D eigenvalue weighted by Crippen LogP contribution is -2.41. The van der Waals surface area contributed by atoms with Crippen molar-refractivity contribution in [2.45, 2.75) is 31.7 Å². The molecule has 0 spiro atoms. The highest BCUT2D eigenvalue weighted by Gasteiger charge is 2.43. The largest absolute Gasteiger partial charge is 0.357 e. The van der Waals surface area contributed by atoms with Crippen LogP contribution in [0.1, 0.15) is 36.5 Å². The number of benzene rings is 2. The van der Waals surface area contributed by atoms with Crippen LogP contribution in [0, 0.1) is 11.3 Å². The molecular weight excluding hydrogens is 308 g/mol. The highest BCUT2D eigenvalue weighted by atomic mass is 15.2. The Morgan fingerprint density at radius 3 is 2.40 bits per heavy atom. The van der Waals surface area contributed by atoms with E-state index in [1.165, 1.54) is 18.4 Å². The maximum Gasteiger partial charge on any atom is 0.191 e. The number of nitriles is 1. The molecule has 0 aromatic heterocycles. The van der Waals surface area contributed by atoms with Crippen LogP contribution < -0.4 is 10.6 Å². The quantitative estimate of drug-likeness (QED) is 0.630. The molecule has 1 aliphatic rings. The fourth-order valence-corrected chi connectivity index (χ4v) is 2.96. The molecule has 3 rings (SSSR count). The Labute approximate surface area is 149 Å². The van der Waals surface area contributed by atoms with Gasteiger partial charge >= 0.3 is 0 Å². The second kappa shape index (κ2) is 7.85. The van der Waals surface area contributed by atoms with Crippen LogP contribution in [0.25, 0.3) is 0 Å². The van der Waals surface area contributed by atoms with Gasteiger partial charge in [-0.3, -0.25) is 0 Å². The third kappa shape index (κ3) is 4.39. The van der Waals surface area contributed by atoms with Gasteiger partial charge in [0.05, 0.1) is 18.2 Å². The van der Waals surface area contributed by atoms with Crippen molar-refractivity contribution in [3.05, 3.63) is 71.3 Å². The molecule has 0 unspecified atom stereocenters. The molecule has 2 N–H and O–H groups in total. The minimum absolute atomic E-state index is 0.256. The fraction of sp³-hybridized carbons (Fsp3) is 0.333. The number of hydrogen-bond donors (Lipinski definition) is 2. The fourth-order valence-electron chi connectivity index (χ4n) is 2.96. The van der Waals surface area contributed by atoms with Gasteiger partial charge in [0.15, 0.2) is 5.96 Å². The van der Waals surface area contributed by atoms with Crippen LogP contribution in [0.5, 0.6) is 0 Å². The van der Waals surface area contributed by atoms with Gasteiger partial charge in [-0.1, -0.05) is 42.5 Å². The van der Waals surface area contributed by atoms with Crippen molar-refractivity contribution in [2.75, 3.05) is 13.1 Å². The van der Waals surface area contributed by atoms with Gasteiger partial charge in [-0.25, -0.2) is 4.99 Å². The molecule has 4 heteroatoms. The summed E-state index contributed by atoms with van der Waals surface area (Å²) in [6.45, 7) is 4.40. The van der Waals surface area contributed by atoms with Crippen LogP contribution in [0.2, 0.25) is 0 Å². The molecule has 0 saturated heterocycles. The van der Waals surface area contributed by atoms with Crippen LogP contribution in [0.3, 0.4) is 0 Å². The predicted octanol–water partition coefficient (Wildman–Crippen LogP) is 3.35. The minimum atomic E-state index is 0.256. The molecule has 2 aromatic rings. The van der Waals surface area contributed by atoms with Crippen molar-refractivity contribution in [3.8, 4) is 6.07 Å². The maximum atomic E-state index is 8.87. The standard InChI is InChI=1S/C21H24N4/c1-2-23-20(24-15-18-10-8-17(14-22)9-11-18)25-16-21(12-13-21)19-6-4-3-5-7-19/h3-11H,2,12-13,15-16H2,1H3,(H2,23,24,25). The molecule has 2 aromatic carbocycles. The Kier molecular flexibility index (Phi) is 5.35. The van der Waals surface area contributed by atoms with E-state index in [-0.39, 0.29) is 5.41 Å². The van der Waals surface area contributed by atoms with Crippen molar-refractivity contribution in [2.24, 2.45) is 4.99 Å². The van der Waals surface area contributed by atoms with Crippen molar-refractivity contribution in [1.29, 1.82) is 5.26 Å². The normalized spacial score (nSPS) is 15.3. The van der Waals surface area contributed by atoms with E-state index in [0.717, 1.165) is 24.6 Å². The molecule has 0 atom stereocenters. The Balaban J connectivity index is 1.62. The summed E-state index contributed by atoms with van der Waals surface area (Å²) in [6, 6.07) is 20.4. The van der Waals surface area contributed by atoms with Crippen LogP contribution in [-0.4, -0.2) is 19.0 Å². The second-order valence-corrected chi connectivity index (χ2v) is 6.50. The second-order valence-electron chi connectivity index (χ2n) is 6.50. The van der Waals surface area contributed by atoms with E-state index in [9.17, 15) is 0 Å². The molecule has 1 saturated carbocycles. The number of nitrogens with one attached hydrogen (secondary N) is 2. The summed E-state index contributed by atoms with van der Waals surface area (Å²) in [6.07, 6.45) is 2.44. The third-order valence-corrected chi connectivity index (χ3v) is 4.68. The minimum Gasteiger partial charge on any atom is -0.357 e. The summed E-state index contributed by atoms with van der Waals surface area (Å²) in [5.74, 6) is 0.842. The van der Waals surface area contributed by atoms with E-state index in [0.29, 0.717) is 12.1 Å². The zero-order valence-corrected chi connectivity index (χ0v) is 14.6. The molecule has 128 valence electrons. The number of guanidine groups is 1. The van der Waals surface area contributed by atoms with E-state index >= 15 is 0 Å². The van der Waals surface area contributed by atoms with E-state index in [1.807, 2.05) is 24.3 Å². The number of aliphatic imine (C=N–C) groups is 1. The average Bonchev–Trinajstić information content (AvgIpc) is 3.46. The van der Waals surface area contributed by atoms with Crippen molar-refractivity contribution in [1.82, 2.24) is 10.6 Å². The van der Waals surface area contributed by atoms with Gasteiger partial charge in [0.1, 0.15) is 0 Å². The lowest BCUT2D eigenvalue weighted by molar-refractivity contribution is 0.646. The average molecular weight is 332 g/mol. The topological polar surface area (TPSA) is 60.2 Å². The van der Waals surface area contributed by atoms with Crippen LogP contribution >= 0.6 is 0 Å². The smallest absolute Gasteiger partial charge is 0.191 e. The summed E-state index contributed by atoms with van der Waals surface area (Å²) in [7, 11) is 0. The van der Waals surface area contributed by atoms with Crippen molar-refractivity contribution < 1.29 is 0 Å². The SMILES string of the molecule is CCNC(=NCc1ccc(C#N)cc1)NCC1(c2ccccc2)CC1. The first-order valence-electron chi connectivity index (χ1n) is 8.82. The predicted molar refractivity (Wildman–Crippen MR) is 101 cm³/mol. The first-order chi connectivity index (χ1) is 12.3. The first kappa shape index (κ1) is 17.0. The number of hydrogen-bond acceptors (Lipinski definition) is 2. The van der Waals surface area contributed by atoms with Gasteiger partial charge in [0.25, 0.3) is 0 Å². The zero-order chi connectivity index (χ0) is 17.5. The Morgan fingerprint density at radius 1 is 1.08 bits per heavy atom. The summed E-state index contributed by atoms with van der Waals surface area (Å²) in [5.41, 5.74) is 3.44. The van der Waals surface area contributed by atoms with Gasteiger partial charge in [0, 0.05) is 18.5 Å². The molecular formula is C21H24N4. The lowest BCUT2D eigenvalue weighted by Gasteiger charge is -2.19. The molecule has 0 amide bonds. The van der Waals surface area contributed by atoms with Crippen molar-refractivity contribution in [3.63, 3.8) is 0 Å². The van der Waals surface area contributed by atoms with E-state index in [4.69, 9.17) is 5.26 Å². The number of nitrogens with zero attached hydrogens (tertiary/aromatic N) is 2. The van der Waals surface area contributed by atoms with Crippen LogP contribution in [0.4, 0.5) is 0 Å². The first-order valence-corrected chi connectivity index (χ1v) is 8.82. The van der Waals surface area contributed by atoms with Gasteiger partial charge < -0.3 is 10.6 Å². The Morgan fingerprint density at radius 2 is 1.80 bits per heavy atom. The highest BCUT2D eigenvalue weighted by Crippen LogP contribution is 2.47.